The van der Waals surface area contributed by atoms with Gasteiger partial charge in [0.25, 0.3) is 0 Å². The van der Waals surface area contributed by atoms with Gasteiger partial charge in [-0.3, -0.25) is 0 Å². The molecule has 0 aromatic heterocycles. The Kier molecular flexibility index (Phi) is 9.48. The number of anilines is 5. The van der Waals surface area contributed by atoms with Gasteiger partial charge in [0.1, 0.15) is 0 Å². The van der Waals surface area contributed by atoms with Gasteiger partial charge in [-0.2, -0.15) is 0 Å². The lowest BCUT2D eigenvalue weighted by Gasteiger charge is -2.39. The van der Waals surface area contributed by atoms with Crippen LogP contribution in [-0.4, -0.2) is 6.04 Å². The zero-order valence-corrected chi connectivity index (χ0v) is 30.5. The van der Waals surface area contributed by atoms with Crippen molar-refractivity contribution in [3.63, 3.8) is 0 Å². The van der Waals surface area contributed by atoms with Crippen LogP contribution in [0.2, 0.25) is 0 Å². The van der Waals surface area contributed by atoms with Crippen LogP contribution in [0.15, 0.2) is 206 Å². The number of rotatable bonds is 9. The van der Waals surface area contributed by atoms with E-state index in [2.05, 4.69) is 216 Å². The molecule has 0 unspecified atom stereocenters. The fourth-order valence-corrected chi connectivity index (χ4v) is 8.43. The molecule has 0 radical (unpaired) electrons. The molecule has 0 spiro atoms. The Hall–Kier alpha value is -6.38. The highest BCUT2D eigenvalue weighted by molar-refractivity contribution is 5.99. The van der Waals surface area contributed by atoms with Crippen molar-refractivity contribution < 1.29 is 0 Å². The third-order valence-electron chi connectivity index (χ3n) is 11.2. The van der Waals surface area contributed by atoms with E-state index in [1.165, 1.54) is 68.5 Å². The molecule has 1 aliphatic rings. The highest BCUT2D eigenvalue weighted by Crippen LogP contribution is 2.42. The molecular formula is C52H44N2. The number of fused-ring (bicyclic) bond motifs is 1. The standard InChI is InChI=1S/C52H44N2/c1-4-13-39(14-5-1)41-23-31-47(32-24-41)53(48-33-25-42(26-34-48)40-15-6-2-7-16-40)49-35-27-43(28-36-49)44-29-37-50(38-30-44)54(46-19-8-3-9-20-46)52-22-12-18-45-17-10-11-21-51(45)52/h1-24,27-32,35-38,42,48H,25-26,33-34H2. The molecule has 9 rings (SSSR count). The van der Waals surface area contributed by atoms with Crippen LogP contribution in [0.5, 0.6) is 0 Å². The van der Waals surface area contributed by atoms with E-state index in [1.807, 2.05) is 0 Å². The summed E-state index contributed by atoms with van der Waals surface area (Å²) in [5.74, 6) is 0.633. The largest absolute Gasteiger partial charge is 0.338 e. The summed E-state index contributed by atoms with van der Waals surface area (Å²) in [5, 5.41) is 2.47. The maximum Gasteiger partial charge on any atom is 0.0540 e. The van der Waals surface area contributed by atoms with E-state index < -0.39 is 0 Å². The van der Waals surface area contributed by atoms with Crippen molar-refractivity contribution in [3.05, 3.63) is 212 Å². The average molecular weight is 697 g/mol. The van der Waals surface area contributed by atoms with Crippen LogP contribution < -0.4 is 9.80 Å². The lowest BCUT2D eigenvalue weighted by molar-refractivity contribution is 0.392. The summed E-state index contributed by atoms with van der Waals surface area (Å²) in [5.41, 5.74) is 12.3. The van der Waals surface area contributed by atoms with Gasteiger partial charge >= 0.3 is 0 Å². The highest BCUT2D eigenvalue weighted by atomic mass is 15.2. The van der Waals surface area contributed by atoms with Gasteiger partial charge in [-0.1, -0.05) is 152 Å². The molecule has 0 N–H and O–H groups in total. The lowest BCUT2D eigenvalue weighted by atomic mass is 9.81. The van der Waals surface area contributed by atoms with E-state index in [9.17, 15) is 0 Å². The summed E-state index contributed by atoms with van der Waals surface area (Å²) in [4.78, 5) is 4.97. The molecule has 0 aliphatic heterocycles. The van der Waals surface area contributed by atoms with E-state index in [1.54, 1.807) is 0 Å². The minimum atomic E-state index is 0.440. The summed E-state index contributed by atoms with van der Waals surface area (Å²) in [6.07, 6.45) is 4.74. The predicted molar refractivity (Wildman–Crippen MR) is 230 cm³/mol. The number of para-hydroxylation sites is 1. The lowest BCUT2D eigenvalue weighted by Crippen LogP contribution is -2.34. The summed E-state index contributed by atoms with van der Waals surface area (Å²) in [6, 6.07) is 75.5. The van der Waals surface area contributed by atoms with E-state index in [4.69, 9.17) is 0 Å². The van der Waals surface area contributed by atoms with Gasteiger partial charge in [-0.15, -0.1) is 0 Å². The molecule has 262 valence electrons. The maximum absolute atomic E-state index is 2.60. The number of hydrogen-bond donors (Lipinski definition) is 0. The number of benzene rings is 8. The number of nitrogens with zero attached hydrogens (tertiary/aromatic N) is 2. The first-order chi connectivity index (χ1) is 26.8. The van der Waals surface area contributed by atoms with Gasteiger partial charge in [0.15, 0.2) is 0 Å². The molecule has 0 saturated heterocycles. The summed E-state index contributed by atoms with van der Waals surface area (Å²) in [6.45, 7) is 0. The quantitative estimate of drug-likeness (QED) is 0.148. The molecule has 54 heavy (non-hydrogen) atoms. The molecule has 2 heteroatoms. The zero-order valence-electron chi connectivity index (χ0n) is 30.5. The van der Waals surface area contributed by atoms with Crippen LogP contribution in [0.4, 0.5) is 28.4 Å². The molecule has 0 amide bonds. The molecule has 2 nitrogen and oxygen atoms in total. The van der Waals surface area contributed by atoms with Crippen molar-refractivity contribution in [2.24, 2.45) is 0 Å². The normalized spacial score (nSPS) is 15.5. The van der Waals surface area contributed by atoms with Crippen LogP contribution >= 0.6 is 0 Å². The Morgan fingerprint density at radius 2 is 0.778 bits per heavy atom. The first-order valence-electron chi connectivity index (χ1n) is 19.3. The third-order valence-corrected chi connectivity index (χ3v) is 11.2. The fraction of sp³-hybridized carbons (Fsp3) is 0.115. The number of hydrogen-bond acceptors (Lipinski definition) is 2. The van der Waals surface area contributed by atoms with Gasteiger partial charge < -0.3 is 9.80 Å². The topological polar surface area (TPSA) is 6.48 Å². The van der Waals surface area contributed by atoms with Crippen LogP contribution in [0.25, 0.3) is 33.0 Å². The molecular weight excluding hydrogens is 653 g/mol. The highest BCUT2D eigenvalue weighted by Gasteiger charge is 2.28. The van der Waals surface area contributed by atoms with Gasteiger partial charge in [0.05, 0.1) is 5.69 Å². The van der Waals surface area contributed by atoms with E-state index in [0.29, 0.717) is 12.0 Å². The molecule has 8 aromatic carbocycles. The second kappa shape index (κ2) is 15.3. The van der Waals surface area contributed by atoms with Crippen LogP contribution in [0, 0.1) is 0 Å². The Labute approximate surface area is 319 Å². The molecule has 1 aliphatic carbocycles. The SMILES string of the molecule is c1ccc(-c2ccc(N(c3ccc(-c4ccc(N(c5ccccc5)c5cccc6ccccc56)cc4)cc3)C3CCC(c4ccccc4)CC3)cc2)cc1. The first kappa shape index (κ1) is 33.5. The van der Waals surface area contributed by atoms with Crippen LogP contribution in [0.3, 0.4) is 0 Å². The minimum absolute atomic E-state index is 0.440. The average Bonchev–Trinajstić information content (AvgIpc) is 3.26. The van der Waals surface area contributed by atoms with Crippen molar-refractivity contribution >= 4 is 39.2 Å². The van der Waals surface area contributed by atoms with Gasteiger partial charge in [0.2, 0.25) is 0 Å². The molecule has 1 saturated carbocycles. The molecule has 0 atom stereocenters. The molecule has 0 heterocycles. The summed E-state index contributed by atoms with van der Waals surface area (Å²) in [7, 11) is 0. The van der Waals surface area contributed by atoms with Gasteiger partial charge in [0, 0.05) is 34.2 Å². The van der Waals surface area contributed by atoms with Crippen molar-refractivity contribution in [2.45, 2.75) is 37.6 Å². The zero-order chi connectivity index (χ0) is 36.1. The Morgan fingerprint density at radius 3 is 1.37 bits per heavy atom. The molecule has 0 bridgehead atoms. The van der Waals surface area contributed by atoms with Crippen molar-refractivity contribution in [1.29, 1.82) is 0 Å². The van der Waals surface area contributed by atoms with Crippen molar-refractivity contribution in [2.75, 3.05) is 9.80 Å². The summed E-state index contributed by atoms with van der Waals surface area (Å²) < 4.78 is 0. The second-order valence-electron chi connectivity index (χ2n) is 14.5. The smallest absolute Gasteiger partial charge is 0.0540 e. The minimum Gasteiger partial charge on any atom is -0.338 e. The third kappa shape index (κ3) is 6.91. The molecule has 1 fully saturated rings. The van der Waals surface area contributed by atoms with Crippen molar-refractivity contribution in [1.82, 2.24) is 0 Å². The van der Waals surface area contributed by atoms with Crippen LogP contribution in [0.1, 0.15) is 37.2 Å². The summed E-state index contributed by atoms with van der Waals surface area (Å²) >= 11 is 0. The Morgan fingerprint density at radius 1 is 0.333 bits per heavy atom. The van der Waals surface area contributed by atoms with Gasteiger partial charge in [-0.05, 0) is 119 Å². The van der Waals surface area contributed by atoms with Gasteiger partial charge in [-0.25, -0.2) is 0 Å². The Balaban J connectivity index is 1.01. The fourth-order valence-electron chi connectivity index (χ4n) is 8.43. The Bertz CT molecular complexity index is 2410. The maximum atomic E-state index is 2.60. The molecule has 8 aromatic rings. The van der Waals surface area contributed by atoms with Crippen molar-refractivity contribution in [3.8, 4) is 22.3 Å². The van der Waals surface area contributed by atoms with E-state index in [0.717, 1.165) is 24.2 Å². The van der Waals surface area contributed by atoms with E-state index >= 15 is 0 Å². The van der Waals surface area contributed by atoms with Crippen LogP contribution in [-0.2, 0) is 0 Å². The monoisotopic (exact) mass is 696 g/mol. The second-order valence-corrected chi connectivity index (χ2v) is 14.5. The predicted octanol–water partition coefficient (Wildman–Crippen LogP) is 14.5. The first-order valence-corrected chi connectivity index (χ1v) is 19.3. The van der Waals surface area contributed by atoms with E-state index in [-0.39, 0.29) is 0 Å².